The van der Waals surface area contributed by atoms with Crippen LogP contribution in [-0.4, -0.2) is 81.9 Å². The molecule has 2 aliphatic rings. The molecule has 3 aromatic rings. The van der Waals surface area contributed by atoms with Crippen molar-refractivity contribution < 1.29 is 9.47 Å². The van der Waals surface area contributed by atoms with E-state index in [4.69, 9.17) is 26.8 Å². The Labute approximate surface area is 191 Å². The highest BCUT2D eigenvalue weighted by atomic mass is 35.5. The number of hydrogen-bond donors (Lipinski definition) is 1. The van der Waals surface area contributed by atoms with Crippen molar-refractivity contribution in [2.75, 3.05) is 56.6 Å². The molecule has 0 saturated carbocycles. The summed E-state index contributed by atoms with van der Waals surface area (Å²) in [5.74, 6) is 1.06. The molecule has 32 heavy (non-hydrogen) atoms. The number of hydrogen-bond acceptors (Lipinski definition) is 9. The molecule has 0 atom stereocenters. The van der Waals surface area contributed by atoms with Gasteiger partial charge >= 0.3 is 0 Å². The molecular weight excluding hydrogens is 432 g/mol. The molecule has 0 spiro atoms. The molecule has 2 saturated heterocycles. The second kappa shape index (κ2) is 9.43. The summed E-state index contributed by atoms with van der Waals surface area (Å²) in [6.45, 7) is 6.99. The van der Waals surface area contributed by atoms with Crippen LogP contribution in [0.25, 0.3) is 11.2 Å². The maximum Gasteiger partial charge on any atom is 0.223 e. The van der Waals surface area contributed by atoms with Gasteiger partial charge in [0.2, 0.25) is 5.95 Å². The van der Waals surface area contributed by atoms with E-state index in [1.54, 1.807) is 4.68 Å². The summed E-state index contributed by atoms with van der Waals surface area (Å²) in [5, 5.41) is 8.47. The minimum Gasteiger partial charge on any atom is -0.490 e. The van der Waals surface area contributed by atoms with Crippen molar-refractivity contribution in [3.8, 4) is 5.75 Å². The Bertz CT molecular complexity index is 1050. The van der Waals surface area contributed by atoms with Crippen molar-refractivity contribution in [1.82, 2.24) is 29.9 Å². The number of nitrogens with zero attached hydrogens (tertiary/aromatic N) is 7. The maximum atomic E-state index is 6.08. The van der Waals surface area contributed by atoms with Crippen LogP contribution in [0.4, 0.5) is 11.6 Å². The van der Waals surface area contributed by atoms with Crippen molar-refractivity contribution in [1.29, 1.82) is 0 Å². The number of anilines is 2. The van der Waals surface area contributed by atoms with Crippen LogP contribution in [0.3, 0.4) is 0 Å². The molecule has 0 unspecified atom stereocenters. The lowest BCUT2D eigenvalue weighted by Gasteiger charge is -2.36. The Balaban J connectivity index is 1.12. The smallest absolute Gasteiger partial charge is 0.223 e. The molecule has 0 bridgehead atoms. The number of ether oxygens (including phenoxy) is 2. The lowest BCUT2D eigenvalue weighted by molar-refractivity contribution is 0.0256. The molecule has 2 aliphatic heterocycles. The van der Waals surface area contributed by atoms with Crippen LogP contribution in [0.1, 0.15) is 12.8 Å². The van der Waals surface area contributed by atoms with Crippen LogP contribution >= 0.6 is 11.6 Å². The van der Waals surface area contributed by atoms with Crippen LogP contribution in [0.5, 0.6) is 5.75 Å². The van der Waals surface area contributed by atoms with E-state index in [2.05, 4.69) is 54.3 Å². The Morgan fingerprint density at radius 2 is 1.78 bits per heavy atom. The molecule has 2 fully saturated rings. The fourth-order valence-corrected chi connectivity index (χ4v) is 4.39. The number of rotatable bonds is 6. The predicted molar refractivity (Wildman–Crippen MR) is 122 cm³/mol. The first kappa shape index (κ1) is 21.2. The van der Waals surface area contributed by atoms with Gasteiger partial charge in [-0.1, -0.05) is 16.8 Å². The quantitative estimate of drug-likeness (QED) is 0.553. The second-order valence-corrected chi connectivity index (χ2v) is 8.47. The van der Waals surface area contributed by atoms with E-state index >= 15 is 0 Å². The maximum absolute atomic E-state index is 6.08. The molecule has 170 valence electrons. The summed E-state index contributed by atoms with van der Waals surface area (Å²) in [6.07, 6.45) is 2.18. The molecule has 1 aromatic carbocycles. The van der Waals surface area contributed by atoms with Crippen molar-refractivity contribution in [2.24, 2.45) is 0 Å². The van der Waals surface area contributed by atoms with Gasteiger partial charge < -0.3 is 20.1 Å². The number of halogens is 1. The topological polar surface area (TPSA) is 107 Å². The Morgan fingerprint density at radius 1 is 1.03 bits per heavy atom. The molecule has 4 heterocycles. The molecule has 10 nitrogen and oxygen atoms in total. The molecular formula is C21H27ClN8O2. The summed E-state index contributed by atoms with van der Waals surface area (Å²) in [4.78, 5) is 13.0. The standard InChI is InChI=1S/C21H27ClN8O2/c22-19-18-20(25-21(23)24-19)30(27-26-18)12-9-28-7-10-29(11-8-28)15-1-3-16(4-2-15)32-17-5-13-31-14-6-17/h1-4,17H,5-14H2,(H2,23,24,25). The predicted octanol–water partition coefficient (Wildman–Crippen LogP) is 1.84. The van der Waals surface area contributed by atoms with Gasteiger partial charge in [0.25, 0.3) is 0 Å². The van der Waals surface area contributed by atoms with Crippen molar-refractivity contribution in [3.63, 3.8) is 0 Å². The zero-order chi connectivity index (χ0) is 21.9. The van der Waals surface area contributed by atoms with E-state index in [0.717, 1.165) is 64.5 Å². The highest BCUT2D eigenvalue weighted by Gasteiger charge is 2.19. The molecule has 2 N–H and O–H groups in total. The fourth-order valence-electron chi connectivity index (χ4n) is 4.18. The van der Waals surface area contributed by atoms with Crippen molar-refractivity contribution in [3.05, 3.63) is 29.4 Å². The monoisotopic (exact) mass is 458 g/mol. The first-order chi connectivity index (χ1) is 15.7. The summed E-state index contributed by atoms with van der Waals surface area (Å²) >= 11 is 6.08. The summed E-state index contributed by atoms with van der Waals surface area (Å²) in [5.41, 5.74) is 8.00. The number of nitrogen functional groups attached to an aromatic ring is 1. The van der Waals surface area contributed by atoms with E-state index in [1.807, 2.05) is 0 Å². The van der Waals surface area contributed by atoms with E-state index in [0.29, 0.717) is 17.7 Å². The van der Waals surface area contributed by atoms with Gasteiger partial charge in [-0.3, -0.25) is 4.90 Å². The number of nitrogens with two attached hydrogens (primary N) is 1. The van der Waals surface area contributed by atoms with E-state index in [9.17, 15) is 0 Å². The zero-order valence-corrected chi connectivity index (χ0v) is 18.6. The third-order valence-corrected chi connectivity index (χ3v) is 6.27. The van der Waals surface area contributed by atoms with Gasteiger partial charge in [0, 0.05) is 51.3 Å². The van der Waals surface area contributed by atoms with E-state index in [1.165, 1.54) is 5.69 Å². The Kier molecular flexibility index (Phi) is 6.24. The molecule has 5 rings (SSSR count). The van der Waals surface area contributed by atoms with Crippen LogP contribution in [0.2, 0.25) is 5.15 Å². The highest BCUT2D eigenvalue weighted by Crippen LogP contribution is 2.23. The average Bonchev–Trinajstić information content (AvgIpc) is 3.22. The summed E-state index contributed by atoms with van der Waals surface area (Å²) in [7, 11) is 0. The van der Waals surface area contributed by atoms with Gasteiger partial charge in [-0.05, 0) is 24.3 Å². The van der Waals surface area contributed by atoms with E-state index < -0.39 is 0 Å². The highest BCUT2D eigenvalue weighted by molar-refractivity contribution is 6.33. The Morgan fingerprint density at radius 3 is 2.53 bits per heavy atom. The molecule has 0 amide bonds. The van der Waals surface area contributed by atoms with Crippen LogP contribution in [0.15, 0.2) is 24.3 Å². The lowest BCUT2D eigenvalue weighted by Crippen LogP contribution is -2.47. The third-order valence-electron chi connectivity index (χ3n) is 6.01. The van der Waals surface area contributed by atoms with Crippen molar-refractivity contribution >= 4 is 34.4 Å². The first-order valence-electron chi connectivity index (χ1n) is 11.0. The number of piperazine rings is 1. The van der Waals surface area contributed by atoms with Crippen LogP contribution in [0, 0.1) is 0 Å². The first-order valence-corrected chi connectivity index (χ1v) is 11.4. The van der Waals surface area contributed by atoms with Gasteiger partial charge in [-0.2, -0.15) is 9.97 Å². The lowest BCUT2D eigenvalue weighted by atomic mass is 10.1. The minimum atomic E-state index is 0.129. The molecule has 0 radical (unpaired) electrons. The summed E-state index contributed by atoms with van der Waals surface area (Å²) in [6, 6.07) is 8.46. The second-order valence-electron chi connectivity index (χ2n) is 8.11. The van der Waals surface area contributed by atoms with Crippen LogP contribution in [-0.2, 0) is 11.3 Å². The van der Waals surface area contributed by atoms with Gasteiger partial charge in [0.15, 0.2) is 16.3 Å². The average molecular weight is 459 g/mol. The largest absolute Gasteiger partial charge is 0.490 e. The van der Waals surface area contributed by atoms with Crippen molar-refractivity contribution in [2.45, 2.75) is 25.5 Å². The van der Waals surface area contributed by atoms with Gasteiger partial charge in [-0.25, -0.2) is 4.68 Å². The summed E-state index contributed by atoms with van der Waals surface area (Å²) < 4.78 is 13.2. The normalized spacial score (nSPS) is 18.3. The van der Waals surface area contributed by atoms with Gasteiger partial charge in [0.05, 0.1) is 19.8 Å². The van der Waals surface area contributed by atoms with Gasteiger partial charge in [-0.15, -0.1) is 5.10 Å². The van der Waals surface area contributed by atoms with Crippen LogP contribution < -0.4 is 15.4 Å². The number of aromatic nitrogens is 5. The minimum absolute atomic E-state index is 0.129. The van der Waals surface area contributed by atoms with Gasteiger partial charge in [0.1, 0.15) is 11.9 Å². The molecule has 2 aromatic heterocycles. The molecule has 0 aliphatic carbocycles. The number of benzene rings is 1. The molecule has 11 heteroatoms. The number of fused-ring (bicyclic) bond motifs is 1. The van der Waals surface area contributed by atoms with E-state index in [-0.39, 0.29) is 17.2 Å². The Hall–Kier alpha value is -2.69. The SMILES string of the molecule is Nc1nc(Cl)c2nnn(CCN3CCN(c4ccc(OC5CCOCC5)cc4)CC3)c2n1. The third kappa shape index (κ3) is 4.72. The fraction of sp³-hybridized carbons (Fsp3) is 0.524. The zero-order valence-electron chi connectivity index (χ0n) is 17.9.